The highest BCUT2D eigenvalue weighted by molar-refractivity contribution is 5.55. The van der Waals surface area contributed by atoms with Crippen LogP contribution in [0.5, 0.6) is 0 Å². The molecule has 15 heavy (non-hydrogen) atoms. The van der Waals surface area contributed by atoms with Crippen LogP contribution in [0.3, 0.4) is 0 Å². The Kier molecular flexibility index (Phi) is 2.40. The molecule has 0 aliphatic rings. The topological polar surface area (TPSA) is 104 Å². The molecule has 2 aromatic heterocycles. The van der Waals surface area contributed by atoms with E-state index in [1.54, 1.807) is 18.6 Å². The highest BCUT2D eigenvalue weighted by Gasteiger charge is 2.03. The first-order valence-electron chi connectivity index (χ1n) is 4.37. The summed E-state index contributed by atoms with van der Waals surface area (Å²) in [5.41, 5.74) is 12.2. The number of nitrogen functional groups attached to an aromatic ring is 2. The van der Waals surface area contributed by atoms with Crippen LogP contribution >= 0.6 is 0 Å². The van der Waals surface area contributed by atoms with Crippen LogP contribution in [0, 0.1) is 0 Å². The van der Waals surface area contributed by atoms with Gasteiger partial charge in [0.1, 0.15) is 11.6 Å². The van der Waals surface area contributed by atoms with E-state index in [1.807, 2.05) is 0 Å². The number of hydrogen-bond acceptors (Lipinski definition) is 6. The van der Waals surface area contributed by atoms with Crippen molar-refractivity contribution in [1.29, 1.82) is 0 Å². The molecule has 0 amide bonds. The Labute approximate surface area is 86.4 Å². The Balaban J connectivity index is 2.22. The van der Waals surface area contributed by atoms with Crippen LogP contribution in [0.1, 0.15) is 11.5 Å². The van der Waals surface area contributed by atoms with Crippen molar-refractivity contribution < 1.29 is 0 Å². The standard InChI is InChI=1S/C9H10N6/c10-7-5-14-8(15-9(7)11)3-6-4-12-1-2-13-6/h1-2,4-5H,3,10H2,(H2,11,14,15). The summed E-state index contributed by atoms with van der Waals surface area (Å²) >= 11 is 0. The Bertz CT molecular complexity index is 455. The number of aromatic nitrogens is 4. The van der Waals surface area contributed by atoms with E-state index in [0.29, 0.717) is 23.8 Å². The van der Waals surface area contributed by atoms with E-state index in [0.717, 1.165) is 5.69 Å². The minimum atomic E-state index is 0.295. The van der Waals surface area contributed by atoms with Gasteiger partial charge in [-0.05, 0) is 0 Å². The zero-order valence-corrected chi connectivity index (χ0v) is 7.96. The summed E-state index contributed by atoms with van der Waals surface area (Å²) in [6.45, 7) is 0. The predicted molar refractivity (Wildman–Crippen MR) is 55.7 cm³/mol. The van der Waals surface area contributed by atoms with E-state index < -0.39 is 0 Å². The molecule has 6 nitrogen and oxygen atoms in total. The highest BCUT2D eigenvalue weighted by Crippen LogP contribution is 2.10. The minimum Gasteiger partial charge on any atom is -0.394 e. The third-order valence-corrected chi connectivity index (χ3v) is 1.85. The molecule has 0 atom stereocenters. The van der Waals surface area contributed by atoms with Gasteiger partial charge in [-0.3, -0.25) is 9.97 Å². The molecule has 0 aromatic carbocycles. The van der Waals surface area contributed by atoms with Crippen LogP contribution in [0.2, 0.25) is 0 Å². The minimum absolute atomic E-state index is 0.295. The summed E-state index contributed by atoms with van der Waals surface area (Å²) < 4.78 is 0. The van der Waals surface area contributed by atoms with Crippen LogP contribution < -0.4 is 11.5 Å². The Morgan fingerprint density at radius 2 is 1.93 bits per heavy atom. The fourth-order valence-electron chi connectivity index (χ4n) is 1.11. The van der Waals surface area contributed by atoms with Crippen molar-refractivity contribution in [1.82, 2.24) is 19.9 Å². The summed E-state index contributed by atoms with van der Waals surface area (Å²) in [5, 5.41) is 0. The summed E-state index contributed by atoms with van der Waals surface area (Å²) in [4.78, 5) is 16.2. The van der Waals surface area contributed by atoms with Gasteiger partial charge in [-0.15, -0.1) is 0 Å². The molecule has 76 valence electrons. The smallest absolute Gasteiger partial charge is 0.150 e. The van der Waals surface area contributed by atoms with Crippen molar-refractivity contribution in [2.24, 2.45) is 0 Å². The van der Waals surface area contributed by atoms with Crippen LogP contribution in [0.4, 0.5) is 11.5 Å². The fourth-order valence-corrected chi connectivity index (χ4v) is 1.11. The summed E-state index contributed by atoms with van der Waals surface area (Å²) in [5.74, 6) is 0.881. The normalized spacial score (nSPS) is 10.1. The Morgan fingerprint density at radius 1 is 1.07 bits per heavy atom. The van der Waals surface area contributed by atoms with Gasteiger partial charge >= 0.3 is 0 Å². The average molecular weight is 202 g/mol. The number of anilines is 2. The summed E-state index contributed by atoms with van der Waals surface area (Å²) in [7, 11) is 0. The summed E-state index contributed by atoms with van der Waals surface area (Å²) in [6.07, 6.45) is 6.89. The zero-order chi connectivity index (χ0) is 10.7. The molecule has 0 fully saturated rings. The van der Waals surface area contributed by atoms with Crippen molar-refractivity contribution >= 4 is 11.5 Å². The first kappa shape index (κ1) is 9.32. The molecular weight excluding hydrogens is 192 g/mol. The van der Waals surface area contributed by atoms with Gasteiger partial charge in [-0.25, -0.2) is 9.97 Å². The number of nitrogens with two attached hydrogens (primary N) is 2. The van der Waals surface area contributed by atoms with Gasteiger partial charge in [-0.2, -0.15) is 0 Å². The lowest BCUT2D eigenvalue weighted by Crippen LogP contribution is -2.04. The van der Waals surface area contributed by atoms with Crippen molar-refractivity contribution in [2.45, 2.75) is 6.42 Å². The van der Waals surface area contributed by atoms with Crippen molar-refractivity contribution in [3.8, 4) is 0 Å². The van der Waals surface area contributed by atoms with Gasteiger partial charge in [0, 0.05) is 18.6 Å². The third kappa shape index (κ3) is 2.16. The van der Waals surface area contributed by atoms with Crippen LogP contribution in [0.15, 0.2) is 24.8 Å². The molecule has 0 saturated carbocycles. The van der Waals surface area contributed by atoms with Crippen LogP contribution in [-0.4, -0.2) is 19.9 Å². The molecule has 0 bridgehead atoms. The van der Waals surface area contributed by atoms with Gasteiger partial charge in [0.05, 0.1) is 24.0 Å². The molecule has 0 aliphatic carbocycles. The van der Waals surface area contributed by atoms with E-state index in [2.05, 4.69) is 19.9 Å². The van der Waals surface area contributed by atoms with Crippen molar-refractivity contribution in [2.75, 3.05) is 11.5 Å². The van der Waals surface area contributed by atoms with E-state index in [4.69, 9.17) is 11.5 Å². The Hall–Kier alpha value is -2.24. The SMILES string of the molecule is Nc1cnc(Cc2cnccn2)nc1N. The van der Waals surface area contributed by atoms with Crippen LogP contribution in [0.25, 0.3) is 0 Å². The monoisotopic (exact) mass is 202 g/mol. The molecule has 6 heteroatoms. The quantitative estimate of drug-likeness (QED) is 0.711. The second-order valence-electron chi connectivity index (χ2n) is 3.00. The van der Waals surface area contributed by atoms with Gasteiger partial charge in [0.2, 0.25) is 0 Å². The maximum absolute atomic E-state index is 5.56. The second kappa shape index (κ2) is 3.87. The molecular formula is C9H10N6. The Morgan fingerprint density at radius 3 is 2.60 bits per heavy atom. The highest BCUT2D eigenvalue weighted by atomic mass is 15.0. The summed E-state index contributed by atoms with van der Waals surface area (Å²) in [6, 6.07) is 0. The molecule has 0 saturated heterocycles. The number of nitrogens with zero attached hydrogens (tertiary/aromatic N) is 4. The van der Waals surface area contributed by atoms with E-state index >= 15 is 0 Å². The zero-order valence-electron chi connectivity index (χ0n) is 7.96. The molecule has 0 radical (unpaired) electrons. The third-order valence-electron chi connectivity index (χ3n) is 1.85. The maximum atomic E-state index is 5.56. The van der Waals surface area contributed by atoms with E-state index in [9.17, 15) is 0 Å². The molecule has 0 aliphatic heterocycles. The number of rotatable bonds is 2. The lowest BCUT2D eigenvalue weighted by Gasteiger charge is -2.02. The molecule has 4 N–H and O–H groups in total. The molecule has 0 spiro atoms. The first-order chi connectivity index (χ1) is 7.25. The lowest BCUT2D eigenvalue weighted by atomic mass is 10.3. The molecule has 2 heterocycles. The van der Waals surface area contributed by atoms with Crippen LogP contribution in [-0.2, 0) is 6.42 Å². The van der Waals surface area contributed by atoms with Gasteiger partial charge in [0.15, 0.2) is 0 Å². The van der Waals surface area contributed by atoms with Crippen molar-refractivity contribution in [3.63, 3.8) is 0 Å². The lowest BCUT2D eigenvalue weighted by molar-refractivity contribution is 0.928. The molecule has 0 unspecified atom stereocenters. The largest absolute Gasteiger partial charge is 0.394 e. The molecule has 2 rings (SSSR count). The van der Waals surface area contributed by atoms with Gasteiger partial charge in [0.25, 0.3) is 0 Å². The van der Waals surface area contributed by atoms with Gasteiger partial charge in [-0.1, -0.05) is 0 Å². The average Bonchev–Trinajstić information content (AvgIpc) is 2.25. The van der Waals surface area contributed by atoms with Crippen molar-refractivity contribution in [3.05, 3.63) is 36.3 Å². The number of hydrogen-bond donors (Lipinski definition) is 2. The first-order valence-corrected chi connectivity index (χ1v) is 4.37. The maximum Gasteiger partial charge on any atom is 0.150 e. The van der Waals surface area contributed by atoms with E-state index in [1.165, 1.54) is 6.20 Å². The molecule has 2 aromatic rings. The predicted octanol–water partition coefficient (Wildman–Crippen LogP) is 0.0218. The van der Waals surface area contributed by atoms with Gasteiger partial charge < -0.3 is 11.5 Å². The second-order valence-corrected chi connectivity index (χ2v) is 3.00. The fraction of sp³-hybridized carbons (Fsp3) is 0.111. The van der Waals surface area contributed by atoms with E-state index in [-0.39, 0.29) is 0 Å².